The third-order valence-corrected chi connectivity index (χ3v) is 6.54. The molecule has 0 saturated carbocycles. The molecule has 0 spiro atoms. The van der Waals surface area contributed by atoms with Gasteiger partial charge in [0.15, 0.2) is 6.10 Å². The Morgan fingerprint density at radius 3 is 2.72 bits per heavy atom. The molecule has 4 rings (SSSR count). The van der Waals surface area contributed by atoms with Gasteiger partial charge in [-0.1, -0.05) is 18.2 Å². The number of thiophene rings is 1. The zero-order chi connectivity index (χ0) is 20.2. The Hall–Kier alpha value is -2.54. The lowest BCUT2D eigenvalue weighted by molar-refractivity contribution is -0.139. The number of carbonyl (C=O) groups excluding carboxylic acids is 2. The molecule has 0 radical (unpaired) electrons. The third-order valence-electron chi connectivity index (χ3n) is 5.49. The Morgan fingerprint density at radius 2 is 1.97 bits per heavy atom. The van der Waals surface area contributed by atoms with Crippen molar-refractivity contribution in [1.29, 1.82) is 0 Å². The van der Waals surface area contributed by atoms with Crippen LogP contribution in [-0.2, 0) is 9.59 Å². The lowest BCUT2D eigenvalue weighted by atomic mass is 10.1. The third kappa shape index (κ3) is 4.56. The standard InChI is InChI=1S/C22H27N3O3S/c1-16(20-10-7-13-29-20)23-21(26)15-25-14-19(22(27)24-11-5-2-6-12-24)28-18-9-4-3-8-17(18)25/h3-4,7-10,13,16,19H,2,5-6,11-12,14-15H2,1H3,(H,23,26)/t16-,19+/m1/s1. The van der Waals surface area contributed by atoms with Gasteiger partial charge in [-0.3, -0.25) is 9.59 Å². The van der Waals surface area contributed by atoms with E-state index < -0.39 is 6.10 Å². The fourth-order valence-corrected chi connectivity index (χ4v) is 4.71. The lowest BCUT2D eigenvalue weighted by Gasteiger charge is -2.38. The molecule has 2 aliphatic rings. The maximum atomic E-state index is 13.0. The SMILES string of the molecule is C[C@@H](NC(=O)CN1C[C@@H](C(=O)N2CCCCC2)Oc2ccccc21)c1cccs1. The molecule has 1 aromatic heterocycles. The maximum absolute atomic E-state index is 13.0. The number of hydrogen-bond donors (Lipinski definition) is 1. The summed E-state index contributed by atoms with van der Waals surface area (Å²) in [7, 11) is 0. The van der Waals surface area contributed by atoms with Crippen LogP contribution < -0.4 is 15.0 Å². The predicted molar refractivity (Wildman–Crippen MR) is 114 cm³/mol. The highest BCUT2D eigenvalue weighted by molar-refractivity contribution is 7.10. The van der Waals surface area contributed by atoms with Gasteiger partial charge in [-0.05, 0) is 49.8 Å². The number of likely N-dealkylation sites (tertiary alicyclic amines) is 1. The second kappa shape index (κ2) is 8.86. The Balaban J connectivity index is 1.46. The summed E-state index contributed by atoms with van der Waals surface area (Å²) in [6.45, 7) is 4.14. The van der Waals surface area contributed by atoms with E-state index in [4.69, 9.17) is 4.74 Å². The van der Waals surface area contributed by atoms with E-state index in [2.05, 4.69) is 5.32 Å². The zero-order valence-electron chi connectivity index (χ0n) is 16.7. The Labute approximate surface area is 175 Å². The summed E-state index contributed by atoms with van der Waals surface area (Å²) in [6, 6.07) is 11.6. The molecule has 7 heteroatoms. The van der Waals surface area contributed by atoms with Gasteiger partial charge in [-0.15, -0.1) is 11.3 Å². The van der Waals surface area contributed by atoms with E-state index in [0.29, 0.717) is 12.3 Å². The molecule has 0 aliphatic carbocycles. The van der Waals surface area contributed by atoms with Crippen molar-refractivity contribution in [3.63, 3.8) is 0 Å². The number of fused-ring (bicyclic) bond motifs is 1. The van der Waals surface area contributed by atoms with Crippen molar-refractivity contribution in [3.05, 3.63) is 46.7 Å². The summed E-state index contributed by atoms with van der Waals surface area (Å²) >= 11 is 1.63. The number of benzene rings is 1. The minimum atomic E-state index is -0.578. The second-order valence-electron chi connectivity index (χ2n) is 7.65. The van der Waals surface area contributed by atoms with Crippen LogP contribution in [0.2, 0.25) is 0 Å². The van der Waals surface area contributed by atoms with Crippen LogP contribution in [0, 0.1) is 0 Å². The van der Waals surface area contributed by atoms with Crippen molar-refractivity contribution in [2.75, 3.05) is 31.1 Å². The van der Waals surface area contributed by atoms with E-state index in [1.54, 1.807) is 11.3 Å². The lowest BCUT2D eigenvalue weighted by Crippen LogP contribution is -2.53. The fourth-order valence-electron chi connectivity index (χ4n) is 3.97. The van der Waals surface area contributed by atoms with Gasteiger partial charge in [0.2, 0.25) is 5.91 Å². The van der Waals surface area contributed by atoms with E-state index in [-0.39, 0.29) is 24.4 Å². The zero-order valence-corrected chi connectivity index (χ0v) is 17.5. The maximum Gasteiger partial charge on any atom is 0.265 e. The largest absolute Gasteiger partial charge is 0.477 e. The number of rotatable bonds is 5. The van der Waals surface area contributed by atoms with E-state index in [0.717, 1.165) is 36.5 Å². The van der Waals surface area contributed by atoms with E-state index in [9.17, 15) is 9.59 Å². The summed E-state index contributed by atoms with van der Waals surface area (Å²) in [5, 5.41) is 5.07. The van der Waals surface area contributed by atoms with Crippen LogP contribution in [0.4, 0.5) is 5.69 Å². The van der Waals surface area contributed by atoms with Gasteiger partial charge in [0, 0.05) is 18.0 Å². The molecule has 2 aromatic rings. The number of nitrogens with one attached hydrogen (secondary N) is 1. The van der Waals surface area contributed by atoms with Crippen molar-refractivity contribution < 1.29 is 14.3 Å². The quantitative estimate of drug-likeness (QED) is 0.818. The Kier molecular flexibility index (Phi) is 6.04. The van der Waals surface area contributed by atoms with Gasteiger partial charge in [-0.25, -0.2) is 0 Å². The molecular formula is C22H27N3O3S. The topological polar surface area (TPSA) is 61.9 Å². The minimum Gasteiger partial charge on any atom is -0.477 e. The highest BCUT2D eigenvalue weighted by atomic mass is 32.1. The average molecular weight is 414 g/mol. The number of carbonyl (C=O) groups is 2. The first-order valence-corrected chi connectivity index (χ1v) is 11.1. The van der Waals surface area contributed by atoms with E-state index >= 15 is 0 Å². The summed E-state index contributed by atoms with van der Waals surface area (Å²) in [4.78, 5) is 30.7. The van der Waals surface area contributed by atoms with Gasteiger partial charge >= 0.3 is 0 Å². The van der Waals surface area contributed by atoms with Gasteiger partial charge < -0.3 is 19.9 Å². The second-order valence-corrected chi connectivity index (χ2v) is 8.62. The molecule has 29 heavy (non-hydrogen) atoms. The summed E-state index contributed by atoms with van der Waals surface area (Å²) in [5.74, 6) is 0.622. The van der Waals surface area contributed by atoms with Gasteiger partial charge in [0.1, 0.15) is 5.75 Å². The van der Waals surface area contributed by atoms with Crippen LogP contribution in [0.1, 0.15) is 37.1 Å². The van der Waals surface area contributed by atoms with Gasteiger partial charge in [0.25, 0.3) is 5.91 Å². The molecule has 6 nitrogen and oxygen atoms in total. The minimum absolute atomic E-state index is 0.0246. The summed E-state index contributed by atoms with van der Waals surface area (Å²) in [6.07, 6.45) is 2.68. The number of piperidine rings is 1. The molecule has 154 valence electrons. The van der Waals surface area contributed by atoms with Crippen LogP contribution in [-0.4, -0.2) is 49.0 Å². The Morgan fingerprint density at radius 1 is 1.17 bits per heavy atom. The van der Waals surface area contributed by atoms with Crippen molar-refractivity contribution >= 4 is 28.8 Å². The monoisotopic (exact) mass is 413 g/mol. The molecule has 1 saturated heterocycles. The molecule has 0 bridgehead atoms. The molecule has 1 aromatic carbocycles. The van der Waals surface area contributed by atoms with Crippen molar-refractivity contribution in [1.82, 2.24) is 10.2 Å². The van der Waals surface area contributed by atoms with Crippen molar-refractivity contribution in [2.45, 2.75) is 38.3 Å². The molecule has 1 fully saturated rings. The van der Waals surface area contributed by atoms with Crippen LogP contribution in [0.25, 0.3) is 0 Å². The highest BCUT2D eigenvalue weighted by Crippen LogP contribution is 2.33. The van der Waals surface area contributed by atoms with Crippen molar-refractivity contribution in [2.24, 2.45) is 0 Å². The fraction of sp³-hybridized carbons (Fsp3) is 0.455. The first kappa shape index (κ1) is 19.8. The number of amides is 2. The molecule has 3 heterocycles. The highest BCUT2D eigenvalue weighted by Gasteiger charge is 2.34. The van der Waals surface area contributed by atoms with Crippen molar-refractivity contribution in [3.8, 4) is 5.75 Å². The number of nitrogens with zero attached hydrogens (tertiary/aromatic N) is 2. The first-order chi connectivity index (χ1) is 14.1. The first-order valence-electron chi connectivity index (χ1n) is 10.2. The Bertz CT molecular complexity index is 849. The van der Waals surface area contributed by atoms with Crippen LogP contribution in [0.15, 0.2) is 41.8 Å². The number of hydrogen-bond acceptors (Lipinski definition) is 5. The molecular weight excluding hydrogens is 386 g/mol. The van der Waals surface area contributed by atoms with Crippen LogP contribution >= 0.6 is 11.3 Å². The summed E-state index contributed by atoms with van der Waals surface area (Å²) < 4.78 is 6.04. The van der Waals surface area contributed by atoms with Gasteiger partial charge in [0.05, 0.1) is 24.8 Å². The van der Waals surface area contributed by atoms with E-state index in [1.807, 2.05) is 58.5 Å². The van der Waals surface area contributed by atoms with Gasteiger partial charge in [-0.2, -0.15) is 0 Å². The molecule has 2 atom stereocenters. The normalized spacial score (nSPS) is 19.8. The average Bonchev–Trinajstić information content (AvgIpc) is 3.29. The number of anilines is 1. The molecule has 2 aliphatic heterocycles. The molecule has 1 N–H and O–H groups in total. The van der Waals surface area contributed by atoms with Crippen LogP contribution in [0.3, 0.4) is 0 Å². The number of para-hydroxylation sites is 2. The smallest absolute Gasteiger partial charge is 0.265 e. The predicted octanol–water partition coefficient (Wildman–Crippen LogP) is 3.21. The molecule has 2 amide bonds. The number of ether oxygens (including phenoxy) is 1. The summed E-state index contributed by atoms with van der Waals surface area (Å²) in [5.41, 5.74) is 0.856. The molecule has 0 unspecified atom stereocenters. The van der Waals surface area contributed by atoms with E-state index in [1.165, 1.54) is 6.42 Å². The van der Waals surface area contributed by atoms with Crippen LogP contribution in [0.5, 0.6) is 5.75 Å².